The zero-order valence-corrected chi connectivity index (χ0v) is 16.2. The van der Waals surface area contributed by atoms with Crippen LogP contribution in [0.1, 0.15) is 46.9 Å². The summed E-state index contributed by atoms with van der Waals surface area (Å²) in [6.45, 7) is 1.84. The van der Waals surface area contributed by atoms with Gasteiger partial charge in [-0.1, -0.05) is 0 Å². The van der Waals surface area contributed by atoms with Crippen molar-refractivity contribution in [1.29, 1.82) is 0 Å². The highest BCUT2D eigenvalue weighted by molar-refractivity contribution is 6.03. The number of hydrogen-bond donors (Lipinski definition) is 1. The average molecular weight is 389 g/mol. The Morgan fingerprint density at radius 1 is 1.10 bits per heavy atom. The first-order valence-electron chi connectivity index (χ1n) is 10.1. The zero-order valence-electron chi connectivity index (χ0n) is 16.2. The molecule has 0 saturated carbocycles. The molecule has 8 nitrogen and oxygen atoms in total. The van der Waals surface area contributed by atoms with Crippen molar-refractivity contribution in [2.45, 2.75) is 38.1 Å². The van der Waals surface area contributed by atoms with Crippen molar-refractivity contribution in [3.63, 3.8) is 0 Å². The molecule has 0 spiro atoms. The summed E-state index contributed by atoms with van der Waals surface area (Å²) in [5.41, 5.74) is 3.08. The van der Waals surface area contributed by atoms with Crippen LogP contribution in [0.4, 0.5) is 11.6 Å². The van der Waals surface area contributed by atoms with E-state index < -0.39 is 0 Å². The maximum atomic E-state index is 12.5. The largest absolute Gasteiger partial charge is 0.356 e. The Bertz CT molecular complexity index is 1010. The van der Waals surface area contributed by atoms with Crippen molar-refractivity contribution in [3.05, 3.63) is 59.9 Å². The average Bonchev–Trinajstić information content (AvgIpc) is 3.44. The van der Waals surface area contributed by atoms with E-state index in [1.54, 1.807) is 37.1 Å². The molecule has 0 radical (unpaired) electrons. The minimum Gasteiger partial charge on any atom is -0.356 e. The molecule has 1 saturated heterocycles. The third-order valence-corrected chi connectivity index (χ3v) is 5.80. The molecule has 0 unspecified atom stereocenters. The van der Waals surface area contributed by atoms with E-state index in [4.69, 9.17) is 0 Å². The van der Waals surface area contributed by atoms with E-state index in [0.29, 0.717) is 5.56 Å². The van der Waals surface area contributed by atoms with E-state index in [1.165, 1.54) is 17.7 Å². The number of fused-ring (bicyclic) bond motifs is 1. The van der Waals surface area contributed by atoms with Crippen LogP contribution in [-0.2, 0) is 12.8 Å². The topological polar surface area (TPSA) is 88.8 Å². The molecule has 29 heavy (non-hydrogen) atoms. The van der Waals surface area contributed by atoms with Gasteiger partial charge < -0.3 is 10.2 Å². The van der Waals surface area contributed by atoms with Crippen molar-refractivity contribution >= 4 is 17.5 Å². The molecule has 1 N–H and O–H groups in total. The summed E-state index contributed by atoms with van der Waals surface area (Å²) in [4.78, 5) is 27.9. The van der Waals surface area contributed by atoms with Gasteiger partial charge in [-0.05, 0) is 44.2 Å². The fraction of sp³-hybridized carbons (Fsp3) is 0.381. The third kappa shape index (κ3) is 3.46. The molecule has 1 fully saturated rings. The summed E-state index contributed by atoms with van der Waals surface area (Å²) in [6.07, 6.45) is 11.9. The van der Waals surface area contributed by atoms with Gasteiger partial charge in [0.2, 0.25) is 0 Å². The van der Waals surface area contributed by atoms with Crippen LogP contribution in [0.25, 0.3) is 0 Å². The standard InChI is InChI=1S/C21H23N7O/c29-21(15-3-2-9-22-13-15)26-19-6-10-25-28(19)16-7-11-27(12-8-16)20-17-4-1-5-18(17)23-14-24-20/h2-3,6,9-10,13-14,16H,1,4-5,7-8,11-12H2,(H,26,29). The molecule has 148 valence electrons. The molecule has 5 rings (SSSR count). The number of anilines is 2. The number of aryl methyl sites for hydroxylation is 1. The molecule has 3 aromatic rings. The number of amides is 1. The first-order chi connectivity index (χ1) is 14.3. The van der Waals surface area contributed by atoms with Crippen molar-refractivity contribution in [2.24, 2.45) is 0 Å². The lowest BCUT2D eigenvalue weighted by molar-refractivity contribution is 0.102. The fourth-order valence-corrected chi connectivity index (χ4v) is 4.33. The third-order valence-electron chi connectivity index (χ3n) is 5.80. The number of carbonyl (C=O) groups excluding carboxylic acids is 1. The smallest absolute Gasteiger partial charge is 0.258 e. The summed E-state index contributed by atoms with van der Waals surface area (Å²) < 4.78 is 1.94. The van der Waals surface area contributed by atoms with E-state index in [2.05, 4.69) is 30.3 Å². The van der Waals surface area contributed by atoms with Crippen LogP contribution in [-0.4, -0.2) is 43.7 Å². The number of rotatable bonds is 4. The molecular formula is C21H23N7O. The van der Waals surface area contributed by atoms with E-state index in [1.807, 2.05) is 10.7 Å². The van der Waals surface area contributed by atoms with Gasteiger partial charge in [-0.2, -0.15) is 5.10 Å². The van der Waals surface area contributed by atoms with Gasteiger partial charge in [-0.15, -0.1) is 0 Å². The summed E-state index contributed by atoms with van der Waals surface area (Å²) in [6, 6.07) is 5.60. The fourth-order valence-electron chi connectivity index (χ4n) is 4.33. The summed E-state index contributed by atoms with van der Waals surface area (Å²) in [5.74, 6) is 1.66. The predicted octanol–water partition coefficient (Wildman–Crippen LogP) is 2.65. The number of piperidine rings is 1. The van der Waals surface area contributed by atoms with E-state index in [0.717, 1.165) is 50.4 Å². The predicted molar refractivity (Wildman–Crippen MR) is 109 cm³/mol. The Hall–Kier alpha value is -3.29. The molecule has 1 aliphatic carbocycles. The van der Waals surface area contributed by atoms with Crippen molar-refractivity contribution in [3.8, 4) is 0 Å². The molecule has 1 aliphatic heterocycles. The van der Waals surface area contributed by atoms with Gasteiger partial charge >= 0.3 is 0 Å². The quantitative estimate of drug-likeness (QED) is 0.738. The monoisotopic (exact) mass is 389 g/mol. The molecule has 4 heterocycles. The Morgan fingerprint density at radius 2 is 2.00 bits per heavy atom. The van der Waals surface area contributed by atoms with Crippen LogP contribution in [0.5, 0.6) is 0 Å². The van der Waals surface area contributed by atoms with E-state index >= 15 is 0 Å². The van der Waals surface area contributed by atoms with Crippen LogP contribution in [0.2, 0.25) is 0 Å². The number of aromatic nitrogens is 5. The lowest BCUT2D eigenvalue weighted by Crippen LogP contribution is -2.36. The number of pyridine rings is 1. The molecule has 8 heteroatoms. The highest BCUT2D eigenvalue weighted by Gasteiger charge is 2.27. The maximum absolute atomic E-state index is 12.5. The Morgan fingerprint density at radius 3 is 2.83 bits per heavy atom. The first kappa shape index (κ1) is 17.8. The summed E-state index contributed by atoms with van der Waals surface area (Å²) in [7, 11) is 0. The lowest BCUT2D eigenvalue weighted by atomic mass is 10.0. The van der Waals surface area contributed by atoms with Gasteiger partial charge in [0.1, 0.15) is 18.0 Å². The Labute approximate surface area is 169 Å². The van der Waals surface area contributed by atoms with Crippen LogP contribution < -0.4 is 10.2 Å². The molecule has 0 atom stereocenters. The minimum atomic E-state index is -0.172. The Kier molecular flexibility index (Phi) is 4.67. The van der Waals surface area contributed by atoms with Gasteiger partial charge in [0, 0.05) is 42.8 Å². The number of nitrogens with zero attached hydrogens (tertiary/aromatic N) is 6. The second-order valence-electron chi connectivity index (χ2n) is 7.55. The summed E-state index contributed by atoms with van der Waals surface area (Å²) in [5, 5.41) is 7.45. The van der Waals surface area contributed by atoms with Crippen molar-refractivity contribution in [2.75, 3.05) is 23.3 Å². The van der Waals surface area contributed by atoms with Gasteiger partial charge in [0.15, 0.2) is 0 Å². The molecule has 1 amide bonds. The van der Waals surface area contributed by atoms with Crippen LogP contribution >= 0.6 is 0 Å². The molecule has 0 bridgehead atoms. The lowest BCUT2D eigenvalue weighted by Gasteiger charge is -2.34. The highest BCUT2D eigenvalue weighted by atomic mass is 16.1. The Balaban J connectivity index is 1.27. The maximum Gasteiger partial charge on any atom is 0.258 e. The highest BCUT2D eigenvalue weighted by Crippen LogP contribution is 2.32. The van der Waals surface area contributed by atoms with Crippen LogP contribution in [0.3, 0.4) is 0 Å². The summed E-state index contributed by atoms with van der Waals surface area (Å²) >= 11 is 0. The molecule has 2 aliphatic rings. The van der Waals surface area contributed by atoms with Gasteiger partial charge in [-0.3, -0.25) is 9.78 Å². The number of nitrogens with one attached hydrogen (secondary N) is 1. The van der Waals surface area contributed by atoms with Crippen LogP contribution in [0.15, 0.2) is 43.1 Å². The molecule has 0 aromatic carbocycles. The second-order valence-corrected chi connectivity index (χ2v) is 7.55. The van der Waals surface area contributed by atoms with E-state index in [-0.39, 0.29) is 11.9 Å². The molecule has 3 aromatic heterocycles. The minimum absolute atomic E-state index is 0.172. The van der Waals surface area contributed by atoms with Gasteiger partial charge in [0.05, 0.1) is 17.8 Å². The van der Waals surface area contributed by atoms with Crippen molar-refractivity contribution in [1.82, 2.24) is 24.7 Å². The van der Waals surface area contributed by atoms with Crippen molar-refractivity contribution < 1.29 is 4.79 Å². The number of carbonyl (C=O) groups is 1. The first-order valence-corrected chi connectivity index (χ1v) is 10.1. The van der Waals surface area contributed by atoms with Crippen LogP contribution in [0, 0.1) is 0 Å². The zero-order chi connectivity index (χ0) is 19.6. The van der Waals surface area contributed by atoms with Gasteiger partial charge in [-0.25, -0.2) is 14.6 Å². The SMILES string of the molecule is O=C(Nc1ccnn1C1CCN(c2ncnc3c2CCC3)CC1)c1cccnc1. The van der Waals surface area contributed by atoms with Gasteiger partial charge in [0.25, 0.3) is 5.91 Å². The normalized spacial score (nSPS) is 16.6. The van der Waals surface area contributed by atoms with E-state index in [9.17, 15) is 4.79 Å². The second kappa shape index (κ2) is 7.62. The number of hydrogen-bond acceptors (Lipinski definition) is 6. The molecular weight excluding hydrogens is 366 g/mol.